The van der Waals surface area contributed by atoms with E-state index in [-0.39, 0.29) is 11.5 Å². The maximum atomic E-state index is 12.9. The first kappa shape index (κ1) is 7.55. The Bertz CT molecular complexity index is 568. The van der Waals surface area contributed by atoms with Crippen LogP contribution in [0.3, 0.4) is 0 Å². The molecule has 0 saturated carbocycles. The SMILES string of the molecule is O=c1[nH]cc2n1Cc1cc(F)ccc1-2. The van der Waals surface area contributed by atoms with E-state index in [1.807, 2.05) is 0 Å². The lowest BCUT2D eigenvalue weighted by molar-refractivity contribution is 0.625. The summed E-state index contributed by atoms with van der Waals surface area (Å²) in [7, 11) is 0. The van der Waals surface area contributed by atoms with Crippen molar-refractivity contribution in [2.75, 3.05) is 0 Å². The molecule has 1 aliphatic heterocycles. The van der Waals surface area contributed by atoms with Crippen LogP contribution >= 0.6 is 0 Å². The van der Waals surface area contributed by atoms with Gasteiger partial charge in [0.15, 0.2) is 0 Å². The van der Waals surface area contributed by atoms with Crippen molar-refractivity contribution in [3.05, 3.63) is 46.3 Å². The quantitative estimate of drug-likeness (QED) is 0.570. The fraction of sp³-hybridized carbons (Fsp3) is 0.100. The van der Waals surface area contributed by atoms with Crippen LogP contribution in [0.1, 0.15) is 5.56 Å². The van der Waals surface area contributed by atoms with E-state index in [1.165, 1.54) is 12.1 Å². The monoisotopic (exact) mass is 190 g/mol. The van der Waals surface area contributed by atoms with Crippen LogP contribution in [0, 0.1) is 5.82 Å². The predicted molar refractivity (Wildman–Crippen MR) is 49.5 cm³/mol. The summed E-state index contributed by atoms with van der Waals surface area (Å²) in [6.07, 6.45) is 1.66. The van der Waals surface area contributed by atoms with Gasteiger partial charge in [0.1, 0.15) is 5.82 Å². The van der Waals surface area contributed by atoms with Gasteiger partial charge in [0.2, 0.25) is 0 Å². The van der Waals surface area contributed by atoms with E-state index >= 15 is 0 Å². The van der Waals surface area contributed by atoms with Crippen LogP contribution in [-0.4, -0.2) is 9.55 Å². The van der Waals surface area contributed by atoms with Gasteiger partial charge >= 0.3 is 5.69 Å². The Morgan fingerprint density at radius 1 is 1.43 bits per heavy atom. The van der Waals surface area contributed by atoms with Gasteiger partial charge in [0.25, 0.3) is 0 Å². The number of H-pyrrole nitrogens is 1. The number of nitrogens with one attached hydrogen (secondary N) is 1. The van der Waals surface area contributed by atoms with Gasteiger partial charge in [-0.15, -0.1) is 0 Å². The summed E-state index contributed by atoms with van der Waals surface area (Å²) < 4.78 is 14.5. The lowest BCUT2D eigenvalue weighted by Gasteiger charge is -1.96. The van der Waals surface area contributed by atoms with Crippen LogP contribution in [0.15, 0.2) is 29.2 Å². The van der Waals surface area contributed by atoms with Crippen molar-refractivity contribution in [3.8, 4) is 11.3 Å². The van der Waals surface area contributed by atoms with Crippen molar-refractivity contribution in [2.24, 2.45) is 0 Å². The summed E-state index contributed by atoms with van der Waals surface area (Å²) in [4.78, 5) is 13.9. The van der Waals surface area contributed by atoms with Crippen LogP contribution in [0.4, 0.5) is 4.39 Å². The average Bonchev–Trinajstić information content (AvgIpc) is 2.66. The van der Waals surface area contributed by atoms with Crippen molar-refractivity contribution in [1.82, 2.24) is 9.55 Å². The first-order valence-electron chi connectivity index (χ1n) is 4.33. The zero-order chi connectivity index (χ0) is 9.71. The van der Waals surface area contributed by atoms with Crippen LogP contribution < -0.4 is 5.69 Å². The fourth-order valence-corrected chi connectivity index (χ4v) is 1.89. The third kappa shape index (κ3) is 0.824. The Morgan fingerprint density at radius 2 is 2.29 bits per heavy atom. The molecule has 0 aliphatic carbocycles. The number of nitrogens with zero attached hydrogens (tertiary/aromatic N) is 1. The Morgan fingerprint density at radius 3 is 3.14 bits per heavy atom. The normalized spacial score (nSPS) is 12.6. The number of aromatic nitrogens is 2. The van der Waals surface area contributed by atoms with Crippen LogP contribution in [-0.2, 0) is 6.54 Å². The number of fused-ring (bicyclic) bond motifs is 3. The van der Waals surface area contributed by atoms with Crippen molar-refractivity contribution in [2.45, 2.75) is 6.54 Å². The highest BCUT2D eigenvalue weighted by Gasteiger charge is 2.20. The lowest BCUT2D eigenvalue weighted by atomic mass is 10.1. The second-order valence-electron chi connectivity index (χ2n) is 3.37. The molecule has 0 saturated heterocycles. The molecule has 0 bridgehead atoms. The van der Waals surface area contributed by atoms with Gasteiger partial charge in [-0.1, -0.05) is 0 Å². The van der Waals surface area contributed by atoms with Crippen molar-refractivity contribution in [3.63, 3.8) is 0 Å². The van der Waals surface area contributed by atoms with Crippen LogP contribution in [0.25, 0.3) is 11.3 Å². The first-order valence-corrected chi connectivity index (χ1v) is 4.33. The second-order valence-corrected chi connectivity index (χ2v) is 3.37. The highest BCUT2D eigenvalue weighted by molar-refractivity contribution is 5.67. The maximum absolute atomic E-state index is 12.9. The summed E-state index contributed by atoms with van der Waals surface area (Å²) in [5.41, 5.74) is 2.50. The number of aromatic amines is 1. The molecule has 0 amide bonds. The minimum absolute atomic E-state index is 0.142. The summed E-state index contributed by atoms with van der Waals surface area (Å²) in [6.45, 7) is 0.463. The summed E-state index contributed by atoms with van der Waals surface area (Å²) in [5, 5.41) is 0. The van der Waals surface area contributed by atoms with E-state index < -0.39 is 0 Å². The van der Waals surface area contributed by atoms with Crippen molar-refractivity contribution >= 4 is 0 Å². The molecule has 0 radical (unpaired) electrons. The standard InChI is InChI=1S/C10H7FN2O/c11-7-1-2-8-6(3-7)5-13-9(8)4-12-10(13)14/h1-4H,5H2,(H,12,14). The van der Waals surface area contributed by atoms with E-state index in [2.05, 4.69) is 4.98 Å². The van der Waals surface area contributed by atoms with E-state index in [4.69, 9.17) is 0 Å². The largest absolute Gasteiger partial charge is 0.326 e. The van der Waals surface area contributed by atoms with Gasteiger partial charge in [0.05, 0.1) is 12.2 Å². The van der Waals surface area contributed by atoms with Gasteiger partial charge in [-0.05, 0) is 23.8 Å². The third-order valence-electron chi connectivity index (χ3n) is 2.54. The van der Waals surface area contributed by atoms with E-state index in [9.17, 15) is 9.18 Å². The minimum atomic E-state index is -0.258. The Labute approximate surface area is 78.8 Å². The topological polar surface area (TPSA) is 37.8 Å². The Balaban J connectivity index is 2.32. The molecule has 0 unspecified atom stereocenters. The molecule has 0 atom stereocenters. The predicted octanol–water partition coefficient (Wildman–Crippen LogP) is 1.34. The number of hydrogen-bond acceptors (Lipinski definition) is 1. The Kier molecular flexibility index (Phi) is 1.27. The van der Waals surface area contributed by atoms with Gasteiger partial charge < -0.3 is 4.98 Å². The number of rotatable bonds is 0. The molecular formula is C10H7FN2O. The summed E-state index contributed by atoms with van der Waals surface area (Å²) in [5.74, 6) is -0.258. The molecule has 1 aromatic heterocycles. The first-order chi connectivity index (χ1) is 6.75. The van der Waals surface area contributed by atoms with Crippen LogP contribution in [0.5, 0.6) is 0 Å². The molecule has 3 rings (SSSR count). The molecule has 2 heterocycles. The number of hydrogen-bond donors (Lipinski definition) is 1. The molecule has 3 nitrogen and oxygen atoms in total. The molecule has 0 spiro atoms. The van der Waals surface area contributed by atoms with Gasteiger partial charge in [0, 0.05) is 11.8 Å². The fourth-order valence-electron chi connectivity index (χ4n) is 1.89. The highest BCUT2D eigenvalue weighted by Crippen LogP contribution is 2.29. The van der Waals surface area contributed by atoms with E-state index in [0.29, 0.717) is 6.54 Å². The van der Waals surface area contributed by atoms with Gasteiger partial charge in [-0.25, -0.2) is 9.18 Å². The summed E-state index contributed by atoms with van der Waals surface area (Å²) in [6, 6.07) is 4.59. The molecule has 1 aliphatic rings. The zero-order valence-electron chi connectivity index (χ0n) is 7.25. The Hall–Kier alpha value is -1.84. The minimum Gasteiger partial charge on any atom is -0.312 e. The molecule has 1 N–H and O–H groups in total. The lowest BCUT2D eigenvalue weighted by Crippen LogP contribution is -2.14. The van der Waals surface area contributed by atoms with E-state index in [1.54, 1.807) is 16.8 Å². The highest BCUT2D eigenvalue weighted by atomic mass is 19.1. The molecular weight excluding hydrogens is 183 g/mol. The average molecular weight is 190 g/mol. The number of halogens is 1. The zero-order valence-corrected chi connectivity index (χ0v) is 7.25. The van der Waals surface area contributed by atoms with Crippen molar-refractivity contribution < 1.29 is 4.39 Å². The van der Waals surface area contributed by atoms with E-state index in [0.717, 1.165) is 16.8 Å². The second kappa shape index (κ2) is 2.35. The molecule has 1 aromatic carbocycles. The molecule has 4 heteroatoms. The van der Waals surface area contributed by atoms with Crippen molar-refractivity contribution in [1.29, 1.82) is 0 Å². The number of benzene rings is 1. The number of imidazole rings is 1. The van der Waals surface area contributed by atoms with Gasteiger partial charge in [-0.2, -0.15) is 0 Å². The molecule has 2 aromatic rings. The molecule has 70 valence electrons. The third-order valence-corrected chi connectivity index (χ3v) is 2.54. The van der Waals surface area contributed by atoms with Gasteiger partial charge in [-0.3, -0.25) is 4.57 Å². The molecule has 0 fully saturated rings. The maximum Gasteiger partial charge on any atom is 0.326 e. The molecule has 14 heavy (non-hydrogen) atoms. The summed E-state index contributed by atoms with van der Waals surface area (Å²) >= 11 is 0. The van der Waals surface area contributed by atoms with Crippen LogP contribution in [0.2, 0.25) is 0 Å². The smallest absolute Gasteiger partial charge is 0.312 e.